The number of hydrogen-bond acceptors (Lipinski definition) is 3. The van der Waals surface area contributed by atoms with Crippen molar-refractivity contribution in [2.24, 2.45) is 0 Å². The molecule has 2 fully saturated rings. The minimum atomic E-state index is -0.864. The molecule has 150 valence electrons. The summed E-state index contributed by atoms with van der Waals surface area (Å²) in [5.41, 5.74) is 2.53. The number of urea groups is 1. The summed E-state index contributed by atoms with van der Waals surface area (Å²) < 4.78 is 0. The normalized spacial score (nSPS) is 24.7. The first-order valence-corrected chi connectivity index (χ1v) is 10.5. The van der Waals surface area contributed by atoms with Crippen LogP contribution in [0.25, 0.3) is 0 Å². The summed E-state index contributed by atoms with van der Waals surface area (Å²) in [6.45, 7) is 4.12. The van der Waals surface area contributed by atoms with Crippen molar-refractivity contribution in [3.63, 3.8) is 0 Å². The summed E-state index contributed by atoms with van der Waals surface area (Å²) in [6.07, 6.45) is 2.56. The molecule has 2 aliphatic heterocycles. The molecule has 0 saturated carbocycles. The quantitative estimate of drug-likeness (QED) is 0.772. The monoisotopic (exact) mass is 391 g/mol. The fraction of sp³-hybridized carbons (Fsp3) is 0.391. The third-order valence-electron chi connectivity index (χ3n) is 6.62. The van der Waals surface area contributed by atoms with Gasteiger partial charge < -0.3 is 15.1 Å². The zero-order chi connectivity index (χ0) is 19.8. The van der Waals surface area contributed by atoms with E-state index < -0.39 is 5.54 Å². The average molecular weight is 391 g/mol. The molecule has 0 bridgehead atoms. The number of amides is 3. The number of piperazine rings is 1. The molecule has 0 aromatic heterocycles. The number of rotatable bonds is 3. The Hall–Kier alpha value is -2.86. The summed E-state index contributed by atoms with van der Waals surface area (Å²) in [5, 5.41) is 3.06. The van der Waals surface area contributed by atoms with Gasteiger partial charge in [0.25, 0.3) is 5.91 Å². The number of anilines is 1. The maximum Gasteiger partial charge on any atom is 0.329 e. The molecule has 2 heterocycles. The number of carbonyl (C=O) groups excluding carboxylic acids is 2. The predicted octanol–water partition coefficient (Wildman–Crippen LogP) is 1.13. The topological polar surface area (TPSA) is 57.1 Å². The van der Waals surface area contributed by atoms with Gasteiger partial charge in [-0.15, -0.1) is 0 Å². The highest BCUT2D eigenvalue weighted by Crippen LogP contribution is 2.39. The van der Waals surface area contributed by atoms with Gasteiger partial charge in [-0.2, -0.15) is 0 Å². The number of hydrogen-bond donors (Lipinski definition) is 2. The molecule has 29 heavy (non-hydrogen) atoms. The summed E-state index contributed by atoms with van der Waals surface area (Å²) >= 11 is 0. The lowest BCUT2D eigenvalue weighted by molar-refractivity contribution is -0.907. The molecule has 0 unspecified atom stereocenters. The van der Waals surface area contributed by atoms with Crippen molar-refractivity contribution < 1.29 is 14.5 Å². The Balaban J connectivity index is 1.29. The fourth-order valence-electron chi connectivity index (χ4n) is 5.06. The molecule has 2 aromatic carbocycles. The molecule has 5 rings (SSSR count). The second-order valence-corrected chi connectivity index (χ2v) is 8.31. The second-order valence-electron chi connectivity index (χ2n) is 8.31. The van der Waals surface area contributed by atoms with Crippen LogP contribution >= 0.6 is 0 Å². The van der Waals surface area contributed by atoms with E-state index in [2.05, 4.69) is 40.5 Å². The second kappa shape index (κ2) is 7.19. The largest absolute Gasteiger partial charge is 0.360 e. The third kappa shape index (κ3) is 3.08. The Morgan fingerprint density at radius 1 is 0.966 bits per heavy atom. The fourth-order valence-corrected chi connectivity index (χ4v) is 5.06. The van der Waals surface area contributed by atoms with E-state index in [0.29, 0.717) is 13.1 Å². The van der Waals surface area contributed by atoms with Crippen molar-refractivity contribution in [3.8, 4) is 0 Å². The highest BCUT2D eigenvalue weighted by atomic mass is 16.2. The van der Waals surface area contributed by atoms with Crippen LogP contribution in [0.3, 0.4) is 0 Å². The minimum Gasteiger partial charge on any atom is -0.360 e. The van der Waals surface area contributed by atoms with E-state index in [1.807, 2.05) is 24.3 Å². The number of benzene rings is 2. The molecule has 1 atom stereocenters. The Bertz CT molecular complexity index is 923. The first-order chi connectivity index (χ1) is 14.2. The van der Waals surface area contributed by atoms with Gasteiger partial charge in [0.1, 0.15) is 5.54 Å². The van der Waals surface area contributed by atoms with Crippen LogP contribution in [0, 0.1) is 0 Å². The first-order valence-electron chi connectivity index (χ1n) is 10.5. The molecule has 2 saturated heterocycles. The summed E-state index contributed by atoms with van der Waals surface area (Å²) in [4.78, 5) is 31.3. The van der Waals surface area contributed by atoms with Crippen molar-refractivity contribution in [1.82, 2.24) is 10.2 Å². The highest BCUT2D eigenvalue weighted by molar-refractivity contribution is 6.07. The van der Waals surface area contributed by atoms with E-state index in [9.17, 15) is 9.59 Å². The Labute approximate surface area is 171 Å². The van der Waals surface area contributed by atoms with E-state index >= 15 is 0 Å². The van der Waals surface area contributed by atoms with E-state index in [4.69, 9.17) is 0 Å². The molecule has 3 aliphatic rings. The lowest BCUT2D eigenvalue weighted by Gasteiger charge is -2.35. The number of nitrogens with zero attached hydrogens (tertiary/aromatic N) is 2. The van der Waals surface area contributed by atoms with Crippen molar-refractivity contribution in [3.05, 3.63) is 65.7 Å². The molecular weight excluding hydrogens is 364 g/mol. The number of para-hydroxylation sites is 1. The standard InChI is InChI=1S/C23H26N4O2/c28-21-23(12-6-8-18-7-4-5-11-20(18)23)24-22(29)27(21)17-25-13-15-26(16-14-25)19-9-2-1-3-10-19/h1-5,7,9-11H,6,8,12-17H2,(H,24,29)/p+1/t23-/m0/s1. The number of nitrogens with one attached hydrogen (secondary N) is 2. The smallest absolute Gasteiger partial charge is 0.329 e. The number of aryl methyl sites for hydroxylation is 1. The molecule has 2 aromatic rings. The van der Waals surface area contributed by atoms with Gasteiger partial charge in [0.15, 0.2) is 6.67 Å². The SMILES string of the molecule is O=C1N[C@]2(CCCc3ccccc32)C(=O)N1C[NH+]1CCN(c2ccccc2)CC1. The van der Waals surface area contributed by atoms with Crippen LogP contribution in [0.4, 0.5) is 10.5 Å². The molecule has 0 radical (unpaired) electrons. The van der Waals surface area contributed by atoms with E-state index in [1.165, 1.54) is 21.1 Å². The molecule has 1 spiro atoms. The molecule has 1 aliphatic carbocycles. The van der Waals surface area contributed by atoms with Gasteiger partial charge in [-0.25, -0.2) is 9.69 Å². The number of quaternary nitrogens is 1. The first kappa shape index (κ1) is 18.2. The molecule has 3 amide bonds. The Kier molecular flexibility index (Phi) is 4.51. The summed E-state index contributed by atoms with van der Waals surface area (Å²) in [7, 11) is 0. The highest BCUT2D eigenvalue weighted by Gasteiger charge is 2.54. The van der Waals surface area contributed by atoms with Gasteiger partial charge in [0, 0.05) is 5.69 Å². The van der Waals surface area contributed by atoms with Crippen LogP contribution in [0.15, 0.2) is 54.6 Å². The van der Waals surface area contributed by atoms with Crippen molar-refractivity contribution in [2.75, 3.05) is 37.7 Å². The van der Waals surface area contributed by atoms with Gasteiger partial charge in [-0.05, 0) is 42.5 Å². The van der Waals surface area contributed by atoms with E-state index in [0.717, 1.165) is 44.6 Å². The van der Waals surface area contributed by atoms with Gasteiger partial charge >= 0.3 is 6.03 Å². The van der Waals surface area contributed by atoms with Crippen molar-refractivity contribution in [1.29, 1.82) is 0 Å². The van der Waals surface area contributed by atoms with Gasteiger partial charge in [0.2, 0.25) is 0 Å². The Morgan fingerprint density at radius 3 is 2.48 bits per heavy atom. The van der Waals surface area contributed by atoms with E-state index in [-0.39, 0.29) is 11.9 Å². The van der Waals surface area contributed by atoms with Crippen molar-refractivity contribution in [2.45, 2.75) is 24.8 Å². The van der Waals surface area contributed by atoms with Gasteiger partial charge in [-0.1, -0.05) is 42.5 Å². The zero-order valence-electron chi connectivity index (χ0n) is 16.6. The van der Waals surface area contributed by atoms with E-state index in [1.54, 1.807) is 0 Å². The lowest BCUT2D eigenvalue weighted by atomic mass is 9.76. The summed E-state index contributed by atoms with van der Waals surface area (Å²) in [6, 6.07) is 18.2. The predicted molar refractivity (Wildman–Crippen MR) is 111 cm³/mol. The number of fused-ring (bicyclic) bond motifs is 2. The molecule has 2 N–H and O–H groups in total. The van der Waals surface area contributed by atoms with Crippen LogP contribution in [0.2, 0.25) is 0 Å². The number of carbonyl (C=O) groups is 2. The van der Waals surface area contributed by atoms with Crippen molar-refractivity contribution >= 4 is 17.6 Å². The maximum atomic E-state index is 13.4. The van der Waals surface area contributed by atoms with Crippen LogP contribution in [0.1, 0.15) is 24.0 Å². The summed E-state index contributed by atoms with van der Waals surface area (Å²) in [5.74, 6) is -0.0763. The number of imide groups is 1. The molecular formula is C23H27N4O2+. The van der Waals surface area contributed by atoms with Gasteiger partial charge in [0.05, 0.1) is 26.2 Å². The van der Waals surface area contributed by atoms with Crippen LogP contribution < -0.4 is 15.1 Å². The third-order valence-corrected chi connectivity index (χ3v) is 6.62. The van der Waals surface area contributed by atoms with Crippen LogP contribution in [-0.4, -0.2) is 49.7 Å². The van der Waals surface area contributed by atoms with Gasteiger partial charge in [-0.3, -0.25) is 4.79 Å². The van der Waals surface area contributed by atoms with Crippen LogP contribution in [-0.2, 0) is 16.8 Å². The zero-order valence-corrected chi connectivity index (χ0v) is 16.6. The molecule has 6 nitrogen and oxygen atoms in total. The molecule has 6 heteroatoms. The minimum absolute atomic E-state index is 0.0763. The van der Waals surface area contributed by atoms with Crippen LogP contribution in [0.5, 0.6) is 0 Å². The lowest BCUT2D eigenvalue weighted by Crippen LogP contribution is -3.16. The maximum absolute atomic E-state index is 13.4. The average Bonchev–Trinajstić information content (AvgIpc) is 3.00. The Morgan fingerprint density at radius 2 is 1.69 bits per heavy atom.